The first-order valence-electron chi connectivity index (χ1n) is 5.79. The first kappa shape index (κ1) is 18.2. The van der Waals surface area contributed by atoms with E-state index in [2.05, 4.69) is 56.8 Å². The van der Waals surface area contributed by atoms with Gasteiger partial charge in [0.1, 0.15) is 0 Å². The van der Waals surface area contributed by atoms with E-state index in [1.807, 2.05) is 0 Å². The summed E-state index contributed by atoms with van der Waals surface area (Å²) in [6, 6.07) is 2.12. The van der Waals surface area contributed by atoms with E-state index in [1.165, 1.54) is 4.88 Å². The Hall–Kier alpha value is 0.180. The SMILES string of the molecule is CN=C(NCCC(C)C)NCc1cc(Br)cs1.I. The average molecular weight is 446 g/mol. The molecule has 1 heterocycles. The van der Waals surface area contributed by atoms with E-state index in [0.29, 0.717) is 5.92 Å². The third-order valence-corrected chi connectivity index (χ3v) is 3.99. The van der Waals surface area contributed by atoms with Crippen LogP contribution >= 0.6 is 51.2 Å². The number of hydrogen-bond donors (Lipinski definition) is 2. The van der Waals surface area contributed by atoms with E-state index < -0.39 is 0 Å². The van der Waals surface area contributed by atoms with E-state index in [4.69, 9.17) is 0 Å². The molecule has 0 aliphatic heterocycles. The Bertz CT molecular complexity index is 366. The number of rotatable bonds is 5. The van der Waals surface area contributed by atoms with Crippen LogP contribution in [0.3, 0.4) is 0 Å². The van der Waals surface area contributed by atoms with Gasteiger partial charge < -0.3 is 10.6 Å². The predicted octanol–water partition coefficient (Wildman–Crippen LogP) is 3.84. The quantitative estimate of drug-likeness (QED) is 0.410. The number of nitrogens with zero attached hydrogens (tertiary/aromatic N) is 1. The minimum atomic E-state index is 0. The van der Waals surface area contributed by atoms with Crippen LogP contribution in [0.5, 0.6) is 0 Å². The average Bonchev–Trinajstić information content (AvgIpc) is 2.69. The van der Waals surface area contributed by atoms with Gasteiger partial charge in [0.05, 0.1) is 6.54 Å². The molecule has 0 saturated heterocycles. The van der Waals surface area contributed by atoms with Gasteiger partial charge in [-0.1, -0.05) is 13.8 Å². The molecular formula is C12H21BrIN3S. The number of halogens is 2. The molecule has 0 fully saturated rings. The van der Waals surface area contributed by atoms with E-state index in [0.717, 1.165) is 29.9 Å². The molecule has 2 N–H and O–H groups in total. The summed E-state index contributed by atoms with van der Waals surface area (Å²) in [5.74, 6) is 1.59. The van der Waals surface area contributed by atoms with E-state index in [9.17, 15) is 0 Å². The summed E-state index contributed by atoms with van der Waals surface area (Å²) >= 11 is 5.19. The van der Waals surface area contributed by atoms with Crippen molar-refractivity contribution in [1.29, 1.82) is 0 Å². The molecule has 0 saturated carbocycles. The van der Waals surface area contributed by atoms with Crippen LogP contribution in [-0.4, -0.2) is 19.6 Å². The van der Waals surface area contributed by atoms with Crippen molar-refractivity contribution < 1.29 is 0 Å². The molecule has 18 heavy (non-hydrogen) atoms. The Morgan fingerprint density at radius 2 is 2.17 bits per heavy atom. The highest BCUT2D eigenvalue weighted by atomic mass is 127. The molecule has 0 aliphatic carbocycles. The van der Waals surface area contributed by atoms with Gasteiger partial charge in [-0.15, -0.1) is 35.3 Å². The molecule has 0 aliphatic rings. The van der Waals surface area contributed by atoms with Crippen molar-refractivity contribution in [3.8, 4) is 0 Å². The summed E-state index contributed by atoms with van der Waals surface area (Å²) < 4.78 is 1.14. The summed E-state index contributed by atoms with van der Waals surface area (Å²) in [5.41, 5.74) is 0. The molecule has 0 radical (unpaired) electrons. The number of guanidine groups is 1. The predicted molar refractivity (Wildman–Crippen MR) is 95.1 cm³/mol. The van der Waals surface area contributed by atoms with Crippen molar-refractivity contribution >= 4 is 57.2 Å². The van der Waals surface area contributed by atoms with Crippen molar-refractivity contribution in [3.05, 3.63) is 20.8 Å². The van der Waals surface area contributed by atoms with Gasteiger partial charge in [-0.3, -0.25) is 4.99 Å². The van der Waals surface area contributed by atoms with Crippen molar-refractivity contribution in [2.45, 2.75) is 26.8 Å². The fraction of sp³-hybridized carbons (Fsp3) is 0.583. The zero-order chi connectivity index (χ0) is 12.7. The summed E-state index contributed by atoms with van der Waals surface area (Å²) in [7, 11) is 1.80. The first-order chi connectivity index (χ1) is 8.11. The van der Waals surface area contributed by atoms with E-state index in [-0.39, 0.29) is 24.0 Å². The smallest absolute Gasteiger partial charge is 0.191 e. The summed E-state index contributed by atoms with van der Waals surface area (Å²) in [6.07, 6.45) is 1.16. The number of thiophene rings is 1. The molecule has 104 valence electrons. The molecule has 1 aromatic rings. The molecule has 1 aromatic heterocycles. The lowest BCUT2D eigenvalue weighted by Crippen LogP contribution is -2.37. The Morgan fingerprint density at radius 1 is 1.44 bits per heavy atom. The second-order valence-electron chi connectivity index (χ2n) is 4.27. The molecule has 0 unspecified atom stereocenters. The standard InChI is InChI=1S/C12H20BrN3S.HI/c1-9(2)4-5-15-12(14-3)16-7-11-6-10(13)8-17-11;/h6,8-9H,4-5,7H2,1-3H3,(H2,14,15,16);1H. The van der Waals surface area contributed by atoms with Gasteiger partial charge in [0.15, 0.2) is 5.96 Å². The molecule has 0 spiro atoms. The lowest BCUT2D eigenvalue weighted by atomic mass is 10.1. The normalized spacial score (nSPS) is 11.3. The molecule has 0 aromatic carbocycles. The molecule has 3 nitrogen and oxygen atoms in total. The Balaban J connectivity index is 0.00000289. The Labute approximate surface area is 139 Å². The summed E-state index contributed by atoms with van der Waals surface area (Å²) in [6.45, 7) is 6.23. The van der Waals surface area contributed by atoms with Gasteiger partial charge >= 0.3 is 0 Å². The largest absolute Gasteiger partial charge is 0.356 e. The maximum absolute atomic E-state index is 4.19. The lowest BCUT2D eigenvalue weighted by molar-refractivity contribution is 0.574. The Morgan fingerprint density at radius 3 is 2.67 bits per heavy atom. The van der Waals surface area contributed by atoms with Gasteiger partial charge in [-0.2, -0.15) is 0 Å². The molecule has 6 heteroatoms. The fourth-order valence-corrected chi connectivity index (χ4v) is 2.71. The van der Waals surface area contributed by atoms with Crippen LogP contribution in [0.25, 0.3) is 0 Å². The highest BCUT2D eigenvalue weighted by molar-refractivity contribution is 14.0. The highest BCUT2D eigenvalue weighted by Crippen LogP contribution is 2.19. The minimum absolute atomic E-state index is 0. The van der Waals surface area contributed by atoms with Crippen LogP contribution in [-0.2, 0) is 6.54 Å². The van der Waals surface area contributed by atoms with E-state index in [1.54, 1.807) is 18.4 Å². The van der Waals surface area contributed by atoms with Gasteiger partial charge in [-0.05, 0) is 34.3 Å². The van der Waals surface area contributed by atoms with Crippen molar-refractivity contribution in [2.24, 2.45) is 10.9 Å². The van der Waals surface area contributed by atoms with Gasteiger partial charge in [0.25, 0.3) is 0 Å². The number of hydrogen-bond acceptors (Lipinski definition) is 2. The molecule has 1 rings (SSSR count). The zero-order valence-electron chi connectivity index (χ0n) is 11.0. The molecule has 0 bridgehead atoms. The van der Waals surface area contributed by atoms with Crippen LogP contribution in [0.1, 0.15) is 25.1 Å². The van der Waals surface area contributed by atoms with Crippen LogP contribution < -0.4 is 10.6 Å². The zero-order valence-corrected chi connectivity index (χ0v) is 15.7. The van der Waals surface area contributed by atoms with Gasteiger partial charge in [-0.25, -0.2) is 0 Å². The first-order valence-corrected chi connectivity index (χ1v) is 7.46. The van der Waals surface area contributed by atoms with Crippen molar-refractivity contribution in [1.82, 2.24) is 10.6 Å². The van der Waals surface area contributed by atoms with Crippen LogP contribution in [0.2, 0.25) is 0 Å². The monoisotopic (exact) mass is 445 g/mol. The summed E-state index contributed by atoms with van der Waals surface area (Å²) in [4.78, 5) is 5.49. The number of nitrogens with one attached hydrogen (secondary N) is 2. The van der Waals surface area contributed by atoms with Gasteiger partial charge in [0.2, 0.25) is 0 Å². The minimum Gasteiger partial charge on any atom is -0.356 e. The van der Waals surface area contributed by atoms with Crippen molar-refractivity contribution in [3.63, 3.8) is 0 Å². The van der Waals surface area contributed by atoms with Crippen LogP contribution in [0.15, 0.2) is 20.9 Å². The second-order valence-corrected chi connectivity index (χ2v) is 6.18. The molecule has 0 atom stereocenters. The summed E-state index contributed by atoms with van der Waals surface area (Å²) in [5, 5.41) is 8.70. The molecule has 0 amide bonds. The van der Waals surface area contributed by atoms with Crippen LogP contribution in [0, 0.1) is 5.92 Å². The second kappa shape index (κ2) is 10.0. The Kier molecular flexibility index (Phi) is 10.1. The topological polar surface area (TPSA) is 36.4 Å². The third-order valence-electron chi connectivity index (χ3n) is 2.29. The maximum atomic E-state index is 4.19. The molecular weight excluding hydrogens is 425 g/mol. The highest BCUT2D eigenvalue weighted by Gasteiger charge is 2.01. The third kappa shape index (κ3) is 7.58. The number of aliphatic imine (C=N–C) groups is 1. The van der Waals surface area contributed by atoms with E-state index >= 15 is 0 Å². The fourth-order valence-electron chi connectivity index (χ4n) is 1.32. The van der Waals surface area contributed by atoms with Crippen molar-refractivity contribution in [2.75, 3.05) is 13.6 Å². The maximum Gasteiger partial charge on any atom is 0.191 e. The van der Waals surface area contributed by atoms with Crippen LogP contribution in [0.4, 0.5) is 0 Å². The lowest BCUT2D eigenvalue weighted by Gasteiger charge is -2.12. The van der Waals surface area contributed by atoms with Gasteiger partial charge in [0, 0.05) is 28.3 Å².